The highest BCUT2D eigenvalue weighted by atomic mass is 16.7. The van der Waals surface area contributed by atoms with Crippen LogP contribution in [0.2, 0.25) is 0 Å². The van der Waals surface area contributed by atoms with Crippen molar-refractivity contribution in [3.63, 3.8) is 0 Å². The Bertz CT molecular complexity index is 1500. The predicted octanol–water partition coefficient (Wildman–Crippen LogP) is 6.28. The Morgan fingerprint density at radius 2 is 1.62 bits per heavy atom. The van der Waals surface area contributed by atoms with E-state index in [1.807, 2.05) is 6.07 Å². The van der Waals surface area contributed by atoms with Gasteiger partial charge in [0.15, 0.2) is 11.5 Å². The minimum atomic E-state index is 0.292. The molecule has 0 fully saturated rings. The van der Waals surface area contributed by atoms with Crippen LogP contribution in [0.1, 0.15) is 11.3 Å². The maximum absolute atomic E-state index is 5.65. The molecule has 7 rings (SSSR count). The predicted molar refractivity (Wildman–Crippen MR) is 129 cm³/mol. The summed E-state index contributed by atoms with van der Waals surface area (Å²) in [5.74, 6) is 1.63. The third-order valence-corrected chi connectivity index (χ3v) is 6.78. The Labute approximate surface area is 186 Å². The van der Waals surface area contributed by atoms with Crippen LogP contribution in [0.15, 0.2) is 78.9 Å². The number of hydrogen-bond acceptors (Lipinski definition) is 3. The molecule has 4 nitrogen and oxygen atoms in total. The molecule has 2 aliphatic heterocycles. The number of rotatable bonds is 2. The summed E-state index contributed by atoms with van der Waals surface area (Å²) in [7, 11) is 0. The van der Waals surface area contributed by atoms with Gasteiger partial charge in [-0.2, -0.15) is 0 Å². The molecule has 1 aromatic heterocycles. The third kappa shape index (κ3) is 2.69. The van der Waals surface area contributed by atoms with Crippen molar-refractivity contribution in [1.29, 1.82) is 0 Å². The fraction of sp³-hybridized carbons (Fsp3) is 0.143. The van der Waals surface area contributed by atoms with Crippen LogP contribution in [0.4, 0.5) is 5.69 Å². The van der Waals surface area contributed by atoms with E-state index >= 15 is 0 Å². The molecule has 3 heterocycles. The summed E-state index contributed by atoms with van der Waals surface area (Å²) < 4.78 is 11.2. The van der Waals surface area contributed by atoms with E-state index < -0.39 is 0 Å². The van der Waals surface area contributed by atoms with Gasteiger partial charge >= 0.3 is 0 Å². The van der Waals surface area contributed by atoms with Crippen LogP contribution in [-0.4, -0.2) is 18.3 Å². The molecule has 0 spiro atoms. The highest BCUT2D eigenvalue weighted by molar-refractivity contribution is 5.99. The number of para-hydroxylation sites is 1. The zero-order valence-electron chi connectivity index (χ0n) is 17.6. The maximum atomic E-state index is 5.65. The lowest BCUT2D eigenvalue weighted by Crippen LogP contribution is -2.30. The van der Waals surface area contributed by atoms with Gasteiger partial charge in [-0.15, -0.1) is 0 Å². The number of aromatic amines is 1. The van der Waals surface area contributed by atoms with E-state index in [9.17, 15) is 0 Å². The molecule has 32 heavy (non-hydrogen) atoms. The van der Waals surface area contributed by atoms with Crippen molar-refractivity contribution < 1.29 is 9.47 Å². The van der Waals surface area contributed by atoms with Gasteiger partial charge in [0.2, 0.25) is 6.79 Å². The minimum absolute atomic E-state index is 0.292. The zero-order valence-corrected chi connectivity index (χ0v) is 17.6. The van der Waals surface area contributed by atoms with Crippen molar-refractivity contribution in [2.75, 3.05) is 18.2 Å². The number of fused-ring (bicyclic) bond motifs is 5. The van der Waals surface area contributed by atoms with E-state index in [0.29, 0.717) is 6.79 Å². The summed E-state index contributed by atoms with van der Waals surface area (Å²) in [5, 5.41) is 3.86. The number of aromatic nitrogens is 1. The molecule has 2 aliphatic rings. The molecule has 1 N–H and O–H groups in total. The Balaban J connectivity index is 1.34. The molecule has 0 amide bonds. The smallest absolute Gasteiger partial charge is 0.231 e. The summed E-state index contributed by atoms with van der Waals surface area (Å²) in [5.41, 5.74) is 7.65. The van der Waals surface area contributed by atoms with E-state index in [2.05, 4.69) is 82.7 Å². The first-order valence-corrected chi connectivity index (χ1v) is 11.1. The van der Waals surface area contributed by atoms with Crippen LogP contribution in [0, 0.1) is 0 Å². The van der Waals surface area contributed by atoms with E-state index in [0.717, 1.165) is 36.6 Å². The van der Waals surface area contributed by atoms with Gasteiger partial charge in [0.25, 0.3) is 0 Å². The van der Waals surface area contributed by atoms with E-state index in [-0.39, 0.29) is 0 Å². The molecule has 0 bridgehead atoms. The third-order valence-electron chi connectivity index (χ3n) is 6.78. The van der Waals surface area contributed by atoms with Gasteiger partial charge in [-0.3, -0.25) is 0 Å². The van der Waals surface area contributed by atoms with Crippen LogP contribution in [0.3, 0.4) is 0 Å². The summed E-state index contributed by atoms with van der Waals surface area (Å²) in [6.07, 6.45) is 1.05. The van der Waals surface area contributed by atoms with Gasteiger partial charge in [-0.1, -0.05) is 48.5 Å². The number of ether oxygens (including phenoxy) is 2. The van der Waals surface area contributed by atoms with Crippen molar-refractivity contribution in [1.82, 2.24) is 4.98 Å². The highest BCUT2D eigenvalue weighted by Crippen LogP contribution is 2.40. The summed E-state index contributed by atoms with van der Waals surface area (Å²) in [6, 6.07) is 28.1. The van der Waals surface area contributed by atoms with Gasteiger partial charge in [0.05, 0.1) is 6.54 Å². The first kappa shape index (κ1) is 17.7. The Morgan fingerprint density at radius 1 is 0.781 bits per heavy atom. The SMILES string of the molecule is c1ccc2c(-c3ccc4c(c3)OCO4)cc(N3CCc4c([nH]c5ccccc45)C3)cc2c1. The molecule has 156 valence electrons. The molecular formula is C28H22N2O2. The van der Waals surface area contributed by atoms with Crippen LogP contribution in [-0.2, 0) is 13.0 Å². The molecule has 5 aromatic rings. The van der Waals surface area contributed by atoms with Crippen molar-refractivity contribution in [3.05, 3.63) is 90.1 Å². The largest absolute Gasteiger partial charge is 0.454 e. The van der Waals surface area contributed by atoms with Crippen molar-refractivity contribution >= 4 is 27.4 Å². The Morgan fingerprint density at radius 3 is 2.59 bits per heavy atom. The lowest BCUT2D eigenvalue weighted by Gasteiger charge is -2.30. The van der Waals surface area contributed by atoms with Crippen molar-refractivity contribution in [2.45, 2.75) is 13.0 Å². The number of anilines is 1. The van der Waals surface area contributed by atoms with Crippen LogP contribution < -0.4 is 14.4 Å². The lowest BCUT2D eigenvalue weighted by atomic mass is 9.96. The van der Waals surface area contributed by atoms with Gasteiger partial charge in [0.1, 0.15) is 0 Å². The second-order valence-electron chi connectivity index (χ2n) is 8.58. The number of nitrogens with zero attached hydrogens (tertiary/aromatic N) is 1. The molecular weight excluding hydrogens is 396 g/mol. The molecule has 0 aliphatic carbocycles. The number of hydrogen-bond donors (Lipinski definition) is 1. The second-order valence-corrected chi connectivity index (χ2v) is 8.58. The van der Waals surface area contributed by atoms with E-state index in [1.54, 1.807) is 0 Å². The fourth-order valence-corrected chi connectivity index (χ4v) is 5.19. The second kappa shape index (κ2) is 6.79. The molecule has 0 atom stereocenters. The zero-order chi connectivity index (χ0) is 21.1. The monoisotopic (exact) mass is 418 g/mol. The quantitative estimate of drug-likeness (QED) is 0.367. The first-order valence-electron chi connectivity index (χ1n) is 11.1. The van der Waals surface area contributed by atoms with Gasteiger partial charge in [-0.05, 0) is 64.2 Å². The number of nitrogens with one attached hydrogen (secondary N) is 1. The van der Waals surface area contributed by atoms with Crippen LogP contribution >= 0.6 is 0 Å². The average molecular weight is 418 g/mol. The van der Waals surface area contributed by atoms with Gasteiger partial charge in [-0.25, -0.2) is 0 Å². The summed E-state index contributed by atoms with van der Waals surface area (Å²) >= 11 is 0. The van der Waals surface area contributed by atoms with Crippen molar-refractivity contribution in [3.8, 4) is 22.6 Å². The van der Waals surface area contributed by atoms with Crippen LogP contribution in [0.25, 0.3) is 32.8 Å². The molecule has 4 heteroatoms. The van der Waals surface area contributed by atoms with E-state index in [1.165, 1.54) is 44.2 Å². The minimum Gasteiger partial charge on any atom is -0.454 e. The fourth-order valence-electron chi connectivity index (χ4n) is 5.19. The molecule has 4 aromatic carbocycles. The number of benzene rings is 4. The number of H-pyrrole nitrogens is 1. The Hall–Kier alpha value is -3.92. The van der Waals surface area contributed by atoms with Gasteiger partial charge in [0, 0.05) is 28.8 Å². The lowest BCUT2D eigenvalue weighted by molar-refractivity contribution is 0.174. The van der Waals surface area contributed by atoms with Crippen molar-refractivity contribution in [2.24, 2.45) is 0 Å². The van der Waals surface area contributed by atoms with Crippen LogP contribution in [0.5, 0.6) is 11.5 Å². The normalized spacial score (nSPS) is 14.8. The maximum Gasteiger partial charge on any atom is 0.231 e. The first-order chi connectivity index (χ1) is 15.8. The Kier molecular flexibility index (Phi) is 3.76. The summed E-state index contributed by atoms with van der Waals surface area (Å²) in [4.78, 5) is 6.14. The standard InChI is InChI=1S/C28H22N2O2/c1-2-6-21-18(5-1)13-20(15-24(21)19-9-10-27-28(14-19)32-17-31-27)30-12-11-23-22-7-3-4-8-25(22)29-26(23)16-30/h1-10,13-15,29H,11-12,16-17H2. The highest BCUT2D eigenvalue weighted by Gasteiger charge is 2.22. The van der Waals surface area contributed by atoms with Gasteiger partial charge < -0.3 is 19.4 Å². The molecule has 0 unspecified atom stereocenters. The average Bonchev–Trinajstić information content (AvgIpc) is 3.46. The molecule has 0 saturated carbocycles. The topological polar surface area (TPSA) is 37.5 Å². The molecule has 0 radical (unpaired) electrons. The van der Waals surface area contributed by atoms with E-state index in [4.69, 9.17) is 9.47 Å². The summed E-state index contributed by atoms with van der Waals surface area (Å²) in [6.45, 7) is 2.19. The molecule has 0 saturated heterocycles.